The van der Waals surface area contributed by atoms with Crippen LogP contribution in [0.4, 0.5) is 4.79 Å². The van der Waals surface area contributed by atoms with Crippen molar-refractivity contribution in [1.82, 2.24) is 10.6 Å². The van der Waals surface area contributed by atoms with Crippen LogP contribution in [0.1, 0.15) is 26.2 Å². The fourth-order valence-corrected chi connectivity index (χ4v) is 1.29. The van der Waals surface area contributed by atoms with Gasteiger partial charge in [0.05, 0.1) is 6.10 Å². The molecule has 2 unspecified atom stereocenters. The number of aliphatic hydroxyl groups is 1. The molecule has 1 aliphatic heterocycles. The van der Waals surface area contributed by atoms with Crippen LogP contribution in [0.3, 0.4) is 0 Å². The molecule has 0 aromatic heterocycles. The van der Waals surface area contributed by atoms with Crippen molar-refractivity contribution >= 4 is 6.03 Å². The van der Waals surface area contributed by atoms with Crippen LogP contribution in [0.25, 0.3) is 0 Å². The molecule has 0 aromatic carbocycles. The Morgan fingerprint density at radius 3 is 3.00 bits per heavy atom. The SMILES string of the molecule is CC(O)CNC(=O)NC1CCCCO1. The number of hydrogen-bond donors (Lipinski definition) is 3. The Morgan fingerprint density at radius 2 is 2.43 bits per heavy atom. The Balaban J connectivity index is 2.12. The molecular weight excluding hydrogens is 184 g/mol. The predicted molar refractivity (Wildman–Crippen MR) is 51.8 cm³/mol. The third-order valence-corrected chi connectivity index (χ3v) is 2.03. The summed E-state index contributed by atoms with van der Waals surface area (Å²) in [5, 5.41) is 14.2. The average molecular weight is 202 g/mol. The van der Waals surface area contributed by atoms with Gasteiger partial charge in [-0.3, -0.25) is 0 Å². The second kappa shape index (κ2) is 5.82. The van der Waals surface area contributed by atoms with E-state index < -0.39 is 6.10 Å². The first-order valence-corrected chi connectivity index (χ1v) is 5.02. The van der Waals surface area contributed by atoms with Crippen LogP contribution < -0.4 is 10.6 Å². The molecule has 0 radical (unpaired) electrons. The molecule has 1 fully saturated rings. The predicted octanol–water partition coefficient (Wildman–Crippen LogP) is 0.193. The van der Waals surface area contributed by atoms with Gasteiger partial charge >= 0.3 is 6.03 Å². The number of rotatable bonds is 3. The summed E-state index contributed by atoms with van der Waals surface area (Å²) in [7, 11) is 0. The minimum atomic E-state index is -0.520. The van der Waals surface area contributed by atoms with E-state index in [0.29, 0.717) is 6.61 Å². The van der Waals surface area contributed by atoms with Crippen LogP contribution in [-0.4, -0.2) is 36.6 Å². The van der Waals surface area contributed by atoms with Gasteiger partial charge in [-0.2, -0.15) is 0 Å². The number of nitrogens with one attached hydrogen (secondary N) is 2. The molecule has 0 bridgehead atoms. The zero-order valence-corrected chi connectivity index (χ0v) is 8.45. The van der Waals surface area contributed by atoms with E-state index >= 15 is 0 Å². The maximum Gasteiger partial charge on any atom is 0.316 e. The molecule has 1 saturated heterocycles. The van der Waals surface area contributed by atoms with Gasteiger partial charge in [-0.1, -0.05) is 0 Å². The van der Waals surface area contributed by atoms with E-state index in [-0.39, 0.29) is 18.8 Å². The molecule has 5 nitrogen and oxygen atoms in total. The summed E-state index contributed by atoms with van der Waals surface area (Å²) in [5.74, 6) is 0. The maximum atomic E-state index is 11.2. The van der Waals surface area contributed by atoms with E-state index in [4.69, 9.17) is 9.84 Å². The fourth-order valence-electron chi connectivity index (χ4n) is 1.29. The van der Waals surface area contributed by atoms with Crippen LogP contribution in [0, 0.1) is 0 Å². The lowest BCUT2D eigenvalue weighted by Gasteiger charge is -2.23. The number of carbonyl (C=O) groups is 1. The highest BCUT2D eigenvalue weighted by atomic mass is 16.5. The summed E-state index contributed by atoms with van der Waals surface area (Å²) in [5.41, 5.74) is 0. The van der Waals surface area contributed by atoms with E-state index in [9.17, 15) is 4.79 Å². The molecule has 0 aromatic rings. The van der Waals surface area contributed by atoms with Crippen molar-refractivity contribution in [3.05, 3.63) is 0 Å². The van der Waals surface area contributed by atoms with Crippen LogP contribution >= 0.6 is 0 Å². The Bertz CT molecular complexity index is 179. The zero-order valence-electron chi connectivity index (χ0n) is 8.45. The van der Waals surface area contributed by atoms with Gasteiger partial charge in [0.2, 0.25) is 0 Å². The monoisotopic (exact) mass is 202 g/mol. The van der Waals surface area contributed by atoms with Crippen molar-refractivity contribution in [2.24, 2.45) is 0 Å². The summed E-state index contributed by atoms with van der Waals surface area (Å²) in [6, 6.07) is -0.280. The summed E-state index contributed by atoms with van der Waals surface area (Å²) >= 11 is 0. The molecule has 1 aliphatic rings. The van der Waals surface area contributed by atoms with Crippen LogP contribution in [0.15, 0.2) is 0 Å². The quantitative estimate of drug-likeness (QED) is 0.612. The Kier molecular flexibility index (Phi) is 4.69. The number of amides is 2. The standard InChI is InChI=1S/C9H18N2O3/c1-7(12)6-10-9(13)11-8-4-2-3-5-14-8/h7-8,12H,2-6H2,1H3,(H2,10,11,13). The minimum Gasteiger partial charge on any atom is -0.392 e. The molecule has 1 heterocycles. The first kappa shape index (κ1) is 11.3. The Labute approximate surface area is 83.8 Å². The summed E-state index contributed by atoms with van der Waals surface area (Å²) in [4.78, 5) is 11.2. The van der Waals surface area contributed by atoms with E-state index in [1.54, 1.807) is 6.92 Å². The van der Waals surface area contributed by atoms with E-state index in [1.165, 1.54) is 0 Å². The van der Waals surface area contributed by atoms with Crippen molar-refractivity contribution in [2.75, 3.05) is 13.2 Å². The maximum absolute atomic E-state index is 11.2. The van der Waals surface area contributed by atoms with Gasteiger partial charge in [-0.25, -0.2) is 4.79 Å². The summed E-state index contributed by atoms with van der Waals surface area (Å²) < 4.78 is 5.32. The summed E-state index contributed by atoms with van der Waals surface area (Å²) in [6.07, 6.45) is 2.32. The van der Waals surface area contributed by atoms with Gasteiger partial charge in [0.1, 0.15) is 6.23 Å². The highest BCUT2D eigenvalue weighted by molar-refractivity contribution is 5.74. The number of carbonyl (C=O) groups excluding carboxylic acids is 1. The third-order valence-electron chi connectivity index (χ3n) is 2.03. The van der Waals surface area contributed by atoms with Gasteiger partial charge in [0.15, 0.2) is 0 Å². The molecular formula is C9H18N2O3. The van der Waals surface area contributed by atoms with Gasteiger partial charge in [0.25, 0.3) is 0 Å². The highest BCUT2D eigenvalue weighted by Crippen LogP contribution is 2.09. The molecule has 0 spiro atoms. The highest BCUT2D eigenvalue weighted by Gasteiger charge is 2.15. The molecule has 14 heavy (non-hydrogen) atoms. The molecule has 2 amide bonds. The zero-order chi connectivity index (χ0) is 10.4. The topological polar surface area (TPSA) is 70.6 Å². The largest absolute Gasteiger partial charge is 0.392 e. The molecule has 82 valence electrons. The summed E-state index contributed by atoms with van der Waals surface area (Å²) in [6.45, 7) is 2.59. The normalized spacial score (nSPS) is 24.0. The van der Waals surface area contributed by atoms with Crippen molar-refractivity contribution in [3.8, 4) is 0 Å². The molecule has 1 rings (SSSR count). The van der Waals surface area contributed by atoms with E-state index in [1.807, 2.05) is 0 Å². The molecule has 3 N–H and O–H groups in total. The van der Waals surface area contributed by atoms with Gasteiger partial charge in [0, 0.05) is 13.2 Å². The van der Waals surface area contributed by atoms with E-state index in [0.717, 1.165) is 19.3 Å². The second-order valence-corrected chi connectivity index (χ2v) is 3.56. The first-order valence-electron chi connectivity index (χ1n) is 5.02. The van der Waals surface area contributed by atoms with E-state index in [2.05, 4.69) is 10.6 Å². The van der Waals surface area contributed by atoms with Gasteiger partial charge in [-0.15, -0.1) is 0 Å². The van der Waals surface area contributed by atoms with Crippen LogP contribution in [0.5, 0.6) is 0 Å². The second-order valence-electron chi connectivity index (χ2n) is 3.56. The van der Waals surface area contributed by atoms with Crippen molar-refractivity contribution in [1.29, 1.82) is 0 Å². The lowest BCUT2D eigenvalue weighted by Crippen LogP contribution is -2.46. The van der Waals surface area contributed by atoms with Crippen LogP contribution in [0.2, 0.25) is 0 Å². The van der Waals surface area contributed by atoms with Crippen LogP contribution in [-0.2, 0) is 4.74 Å². The number of urea groups is 1. The fraction of sp³-hybridized carbons (Fsp3) is 0.889. The third kappa shape index (κ3) is 4.43. The first-order chi connectivity index (χ1) is 6.68. The Hall–Kier alpha value is -0.810. The Morgan fingerprint density at radius 1 is 1.64 bits per heavy atom. The lowest BCUT2D eigenvalue weighted by molar-refractivity contribution is 0.00215. The smallest absolute Gasteiger partial charge is 0.316 e. The van der Waals surface area contributed by atoms with Gasteiger partial charge < -0.3 is 20.5 Å². The average Bonchev–Trinajstić information content (AvgIpc) is 2.16. The molecule has 2 atom stereocenters. The molecule has 5 heteroatoms. The number of ether oxygens (including phenoxy) is 1. The molecule has 0 saturated carbocycles. The number of hydrogen-bond acceptors (Lipinski definition) is 3. The minimum absolute atomic E-state index is 0.169. The van der Waals surface area contributed by atoms with Crippen molar-refractivity contribution < 1.29 is 14.6 Å². The van der Waals surface area contributed by atoms with Crippen molar-refractivity contribution in [2.45, 2.75) is 38.5 Å². The van der Waals surface area contributed by atoms with Crippen molar-refractivity contribution in [3.63, 3.8) is 0 Å². The number of aliphatic hydroxyl groups excluding tert-OH is 1. The lowest BCUT2D eigenvalue weighted by atomic mass is 10.2. The molecule has 0 aliphatic carbocycles. The van der Waals surface area contributed by atoms with Gasteiger partial charge in [-0.05, 0) is 26.2 Å².